The number of carbonyl (C=O) groups is 2. The van der Waals surface area contributed by atoms with Gasteiger partial charge in [-0.2, -0.15) is 0 Å². The highest BCUT2D eigenvalue weighted by molar-refractivity contribution is 6.30. The first kappa shape index (κ1) is 22.7. The van der Waals surface area contributed by atoms with Crippen LogP contribution in [0.15, 0.2) is 66.7 Å². The van der Waals surface area contributed by atoms with Gasteiger partial charge in [0.2, 0.25) is 0 Å². The van der Waals surface area contributed by atoms with E-state index >= 15 is 0 Å². The second-order valence-corrected chi connectivity index (χ2v) is 8.30. The minimum Gasteiger partial charge on any atom is -0.496 e. The first-order valence-electron chi connectivity index (χ1n) is 10.7. The number of hydrogen-bond acceptors (Lipinski definition) is 4. The Morgan fingerprint density at radius 1 is 1.15 bits per heavy atom. The number of rotatable bonds is 6. The Balaban J connectivity index is 1.51. The Kier molecular flexibility index (Phi) is 6.84. The maximum absolute atomic E-state index is 13.0. The van der Waals surface area contributed by atoms with Crippen LogP contribution >= 0.6 is 11.6 Å². The maximum atomic E-state index is 13.0. The van der Waals surface area contributed by atoms with E-state index in [9.17, 15) is 9.59 Å². The standard InChI is InChI=1S/C26H25ClN2O4/c1-17-26(31)29(14-13-18-5-3-4-6-23(18)32-2)16-20-15-22(11-12-24(20)33-17)28-25(30)19-7-9-21(27)10-8-19/h3-12,15,17H,13-14,16H2,1-2H3,(H,28,30). The van der Waals surface area contributed by atoms with Crippen molar-refractivity contribution in [2.24, 2.45) is 0 Å². The Labute approximate surface area is 198 Å². The second kappa shape index (κ2) is 9.96. The molecule has 1 atom stereocenters. The number of amides is 2. The number of hydrogen-bond donors (Lipinski definition) is 1. The van der Waals surface area contributed by atoms with Crippen molar-refractivity contribution in [2.75, 3.05) is 19.0 Å². The average Bonchev–Trinajstić information content (AvgIpc) is 2.94. The summed E-state index contributed by atoms with van der Waals surface area (Å²) < 4.78 is 11.3. The van der Waals surface area contributed by atoms with Gasteiger partial charge in [0, 0.05) is 34.9 Å². The van der Waals surface area contributed by atoms with E-state index in [1.807, 2.05) is 30.3 Å². The van der Waals surface area contributed by atoms with Gasteiger partial charge in [0.25, 0.3) is 11.8 Å². The maximum Gasteiger partial charge on any atom is 0.263 e. The molecule has 4 rings (SSSR count). The third-order valence-electron chi connectivity index (χ3n) is 5.59. The van der Waals surface area contributed by atoms with E-state index in [2.05, 4.69) is 5.32 Å². The Morgan fingerprint density at radius 2 is 1.91 bits per heavy atom. The summed E-state index contributed by atoms with van der Waals surface area (Å²) in [6.45, 7) is 2.66. The molecule has 0 saturated carbocycles. The fourth-order valence-corrected chi connectivity index (χ4v) is 3.96. The number of carbonyl (C=O) groups excluding carboxylic acids is 2. The predicted octanol–water partition coefficient (Wildman–Crippen LogP) is 4.95. The highest BCUT2D eigenvalue weighted by Gasteiger charge is 2.28. The van der Waals surface area contributed by atoms with Crippen molar-refractivity contribution in [2.45, 2.75) is 26.0 Å². The van der Waals surface area contributed by atoms with Crippen LogP contribution in [0.5, 0.6) is 11.5 Å². The molecule has 0 saturated heterocycles. The lowest BCUT2D eigenvalue weighted by molar-refractivity contribution is -0.137. The molecule has 0 spiro atoms. The quantitative estimate of drug-likeness (QED) is 0.560. The van der Waals surface area contributed by atoms with Crippen molar-refractivity contribution in [3.8, 4) is 11.5 Å². The van der Waals surface area contributed by atoms with Crippen molar-refractivity contribution in [1.82, 2.24) is 4.90 Å². The number of benzene rings is 3. The van der Waals surface area contributed by atoms with Gasteiger partial charge in [0.15, 0.2) is 6.10 Å². The SMILES string of the molecule is COc1ccccc1CCN1Cc2cc(NC(=O)c3ccc(Cl)cc3)ccc2OC(C)C1=O. The molecule has 0 fully saturated rings. The average molecular weight is 465 g/mol. The van der Waals surface area contributed by atoms with Crippen molar-refractivity contribution < 1.29 is 19.1 Å². The van der Waals surface area contributed by atoms with Crippen LogP contribution in [0.25, 0.3) is 0 Å². The third-order valence-corrected chi connectivity index (χ3v) is 5.84. The number of anilines is 1. The van der Waals surface area contributed by atoms with Crippen molar-refractivity contribution in [3.05, 3.63) is 88.4 Å². The van der Waals surface area contributed by atoms with Crippen LogP contribution in [0.1, 0.15) is 28.4 Å². The molecule has 6 nitrogen and oxygen atoms in total. The summed E-state index contributed by atoms with van der Waals surface area (Å²) >= 11 is 5.91. The summed E-state index contributed by atoms with van der Waals surface area (Å²) in [4.78, 5) is 27.3. The van der Waals surface area contributed by atoms with Gasteiger partial charge in [-0.05, 0) is 67.4 Å². The number of halogens is 1. The lowest BCUT2D eigenvalue weighted by Crippen LogP contribution is -2.39. The number of nitrogens with zero attached hydrogens (tertiary/aromatic N) is 1. The van der Waals surface area contributed by atoms with Gasteiger partial charge in [-0.25, -0.2) is 0 Å². The monoisotopic (exact) mass is 464 g/mol. The molecule has 3 aromatic rings. The molecule has 1 aliphatic rings. The summed E-state index contributed by atoms with van der Waals surface area (Å²) in [6, 6.07) is 19.9. The van der Waals surface area contributed by atoms with Gasteiger partial charge < -0.3 is 19.7 Å². The van der Waals surface area contributed by atoms with Crippen molar-refractivity contribution in [3.63, 3.8) is 0 Å². The van der Waals surface area contributed by atoms with Gasteiger partial charge >= 0.3 is 0 Å². The topological polar surface area (TPSA) is 67.9 Å². The number of para-hydroxylation sites is 1. The van der Waals surface area contributed by atoms with Crippen LogP contribution in [-0.2, 0) is 17.8 Å². The fraction of sp³-hybridized carbons (Fsp3) is 0.231. The summed E-state index contributed by atoms with van der Waals surface area (Å²) in [6.07, 6.45) is 0.0589. The second-order valence-electron chi connectivity index (χ2n) is 7.87. The van der Waals surface area contributed by atoms with Crippen LogP contribution in [0.4, 0.5) is 5.69 Å². The van der Waals surface area contributed by atoms with Crippen molar-refractivity contribution in [1.29, 1.82) is 0 Å². The minimum atomic E-state index is -0.599. The van der Waals surface area contributed by atoms with E-state index in [0.29, 0.717) is 41.5 Å². The molecule has 1 aliphatic heterocycles. The van der Waals surface area contributed by atoms with Crippen LogP contribution in [0.2, 0.25) is 5.02 Å². The lowest BCUT2D eigenvalue weighted by atomic mass is 10.1. The minimum absolute atomic E-state index is 0.0761. The third kappa shape index (κ3) is 5.29. The van der Waals surface area contributed by atoms with Gasteiger partial charge in [0.05, 0.1) is 7.11 Å². The van der Waals surface area contributed by atoms with E-state index in [1.165, 1.54) is 0 Å². The summed E-state index contributed by atoms with van der Waals surface area (Å²) in [5.74, 6) is 1.13. The molecular formula is C26H25ClN2O4. The highest BCUT2D eigenvalue weighted by atomic mass is 35.5. The van der Waals surface area contributed by atoms with E-state index in [1.54, 1.807) is 55.3 Å². The Morgan fingerprint density at radius 3 is 2.67 bits per heavy atom. The molecule has 1 heterocycles. The first-order valence-corrected chi connectivity index (χ1v) is 11.1. The molecule has 33 heavy (non-hydrogen) atoms. The largest absolute Gasteiger partial charge is 0.496 e. The summed E-state index contributed by atoms with van der Waals surface area (Å²) in [5, 5.41) is 3.47. The zero-order valence-corrected chi connectivity index (χ0v) is 19.3. The number of fused-ring (bicyclic) bond motifs is 1. The zero-order chi connectivity index (χ0) is 23.4. The predicted molar refractivity (Wildman–Crippen MR) is 128 cm³/mol. The summed E-state index contributed by atoms with van der Waals surface area (Å²) in [7, 11) is 1.64. The number of nitrogens with one attached hydrogen (secondary N) is 1. The first-order chi connectivity index (χ1) is 15.9. The molecular weight excluding hydrogens is 440 g/mol. The summed E-state index contributed by atoms with van der Waals surface area (Å²) in [5.41, 5.74) is 3.01. The smallest absolute Gasteiger partial charge is 0.263 e. The Hall–Kier alpha value is -3.51. The molecule has 170 valence electrons. The van der Waals surface area contributed by atoms with E-state index in [-0.39, 0.29) is 11.8 Å². The van der Waals surface area contributed by atoms with Crippen molar-refractivity contribution >= 4 is 29.1 Å². The molecule has 1 unspecified atom stereocenters. The van der Waals surface area contributed by atoms with E-state index in [4.69, 9.17) is 21.1 Å². The fourth-order valence-electron chi connectivity index (χ4n) is 3.84. The molecule has 0 radical (unpaired) electrons. The van der Waals surface area contributed by atoms with Crippen LogP contribution < -0.4 is 14.8 Å². The molecule has 0 aromatic heterocycles. The Bertz CT molecular complexity index is 1160. The van der Waals surface area contributed by atoms with Gasteiger partial charge in [0.1, 0.15) is 11.5 Å². The number of methoxy groups -OCH3 is 1. The van der Waals surface area contributed by atoms with E-state index in [0.717, 1.165) is 16.9 Å². The van der Waals surface area contributed by atoms with Gasteiger partial charge in [-0.3, -0.25) is 9.59 Å². The highest BCUT2D eigenvalue weighted by Crippen LogP contribution is 2.29. The van der Waals surface area contributed by atoms with Crippen LogP contribution in [-0.4, -0.2) is 36.5 Å². The molecule has 7 heteroatoms. The lowest BCUT2D eigenvalue weighted by Gasteiger charge is -2.22. The van der Waals surface area contributed by atoms with Gasteiger partial charge in [-0.1, -0.05) is 29.8 Å². The molecule has 0 aliphatic carbocycles. The van der Waals surface area contributed by atoms with Crippen LogP contribution in [0, 0.1) is 0 Å². The van der Waals surface area contributed by atoms with Crippen LogP contribution in [0.3, 0.4) is 0 Å². The zero-order valence-electron chi connectivity index (χ0n) is 18.5. The molecule has 1 N–H and O–H groups in total. The van der Waals surface area contributed by atoms with E-state index < -0.39 is 6.10 Å². The molecule has 2 amide bonds. The normalized spacial score (nSPS) is 15.3. The molecule has 0 bridgehead atoms. The number of ether oxygens (including phenoxy) is 2. The van der Waals surface area contributed by atoms with Gasteiger partial charge in [-0.15, -0.1) is 0 Å². The molecule has 3 aromatic carbocycles.